The zero-order valence-corrected chi connectivity index (χ0v) is 10.1. The second-order valence-corrected chi connectivity index (χ2v) is 3.28. The van der Waals surface area contributed by atoms with E-state index in [1.807, 2.05) is 0 Å². The molecule has 0 aliphatic heterocycles. The monoisotopic (exact) mass is 272 g/mol. The number of nitrogens with two attached hydrogens (primary N) is 1. The number of hydrogen-bond donors (Lipinski definition) is 1. The van der Waals surface area contributed by atoms with Crippen molar-refractivity contribution in [3.05, 3.63) is 21.9 Å². The first kappa shape index (κ1) is 14.4. The average Bonchev–Trinajstić information content (AvgIpc) is 2.74. The molecule has 10 nitrogen and oxygen atoms in total. The Kier molecular flexibility index (Phi) is 4.80. The summed E-state index contributed by atoms with van der Waals surface area (Å²) in [5, 5.41) is 14.2. The Morgan fingerprint density at radius 2 is 2.21 bits per heavy atom. The van der Waals surface area contributed by atoms with Crippen LogP contribution in [0.1, 0.15) is 17.3 Å². The van der Waals surface area contributed by atoms with Crippen LogP contribution in [0.2, 0.25) is 0 Å². The van der Waals surface area contributed by atoms with Crippen LogP contribution in [0, 0.1) is 10.1 Å². The summed E-state index contributed by atoms with van der Waals surface area (Å²) in [4.78, 5) is 31.6. The van der Waals surface area contributed by atoms with Crippen LogP contribution in [0.25, 0.3) is 0 Å². The number of rotatable bonds is 6. The van der Waals surface area contributed by atoms with Crippen LogP contribution in [0.4, 0.5) is 10.6 Å². The molecule has 104 valence electrons. The summed E-state index contributed by atoms with van der Waals surface area (Å²) in [6.45, 7) is 1.73. The summed E-state index contributed by atoms with van der Waals surface area (Å²) in [5.74, 6) is -1.59. The summed E-state index contributed by atoms with van der Waals surface area (Å²) >= 11 is 0. The quantitative estimate of drug-likeness (QED) is 0.438. The van der Waals surface area contributed by atoms with Gasteiger partial charge in [0.2, 0.25) is 0 Å². The van der Waals surface area contributed by atoms with Crippen molar-refractivity contribution >= 4 is 17.9 Å². The molecule has 0 saturated heterocycles. The number of aromatic nitrogens is 2. The van der Waals surface area contributed by atoms with Gasteiger partial charge in [-0.1, -0.05) is 0 Å². The van der Waals surface area contributed by atoms with Crippen LogP contribution in [0.15, 0.2) is 6.20 Å². The standard InChI is InChI=1S/C9H12N4O6/c1-2-18-9(15)19-4-3-12-5-6(7(10)14)8(11-12)13(16)17/h5H,2-4H2,1H3,(H2,10,14). The number of carbonyl (C=O) groups excluding carboxylic acids is 2. The number of amides is 1. The van der Waals surface area contributed by atoms with Gasteiger partial charge in [-0.3, -0.25) is 4.79 Å². The van der Waals surface area contributed by atoms with E-state index >= 15 is 0 Å². The first-order chi connectivity index (χ1) is 8.95. The van der Waals surface area contributed by atoms with Crippen molar-refractivity contribution in [3.63, 3.8) is 0 Å². The van der Waals surface area contributed by atoms with E-state index in [2.05, 4.69) is 14.6 Å². The Labute approximate surface area is 107 Å². The SMILES string of the molecule is CCOC(=O)OCCn1cc(C(N)=O)c([N+](=O)[O-])n1. The van der Waals surface area contributed by atoms with Gasteiger partial charge in [0.15, 0.2) is 5.56 Å². The minimum absolute atomic E-state index is 0.0347. The Hall–Kier alpha value is -2.65. The summed E-state index contributed by atoms with van der Waals surface area (Å²) in [5.41, 5.74) is 4.68. The zero-order chi connectivity index (χ0) is 14.4. The van der Waals surface area contributed by atoms with Crippen molar-refractivity contribution in [1.29, 1.82) is 0 Å². The van der Waals surface area contributed by atoms with E-state index in [-0.39, 0.29) is 25.3 Å². The lowest BCUT2D eigenvalue weighted by Gasteiger charge is -2.02. The smallest absolute Gasteiger partial charge is 0.435 e. The fourth-order valence-electron chi connectivity index (χ4n) is 1.22. The molecule has 19 heavy (non-hydrogen) atoms. The third kappa shape index (κ3) is 3.94. The number of primary amides is 1. The Balaban J connectivity index is 2.65. The van der Waals surface area contributed by atoms with Crippen molar-refractivity contribution in [2.24, 2.45) is 5.73 Å². The summed E-state index contributed by atoms with van der Waals surface area (Å²) < 4.78 is 10.3. The van der Waals surface area contributed by atoms with Gasteiger partial charge in [0.05, 0.1) is 24.4 Å². The molecule has 1 rings (SSSR count). The highest BCUT2D eigenvalue weighted by Gasteiger charge is 2.24. The van der Waals surface area contributed by atoms with Crippen molar-refractivity contribution in [2.45, 2.75) is 13.5 Å². The maximum Gasteiger partial charge on any atom is 0.508 e. The molecule has 1 aromatic rings. The van der Waals surface area contributed by atoms with Gasteiger partial charge in [-0.25, -0.2) is 4.79 Å². The second kappa shape index (κ2) is 6.33. The number of carbonyl (C=O) groups is 2. The van der Waals surface area contributed by atoms with E-state index in [9.17, 15) is 19.7 Å². The summed E-state index contributed by atoms with van der Waals surface area (Å²) in [6, 6.07) is 0. The van der Waals surface area contributed by atoms with Crippen LogP contribution in [0.5, 0.6) is 0 Å². The van der Waals surface area contributed by atoms with E-state index in [4.69, 9.17) is 5.73 Å². The highest BCUT2D eigenvalue weighted by Crippen LogP contribution is 2.14. The third-order valence-electron chi connectivity index (χ3n) is 1.98. The molecule has 0 aliphatic rings. The summed E-state index contributed by atoms with van der Waals surface area (Å²) in [6.07, 6.45) is 0.272. The number of nitro groups is 1. The van der Waals surface area contributed by atoms with Crippen molar-refractivity contribution < 1.29 is 24.0 Å². The largest absolute Gasteiger partial charge is 0.508 e. The molecule has 0 aliphatic carbocycles. The van der Waals surface area contributed by atoms with Gasteiger partial charge in [-0.05, 0) is 11.8 Å². The molecule has 0 atom stereocenters. The van der Waals surface area contributed by atoms with Crippen LogP contribution in [-0.4, -0.2) is 40.0 Å². The van der Waals surface area contributed by atoms with E-state index in [1.165, 1.54) is 0 Å². The highest BCUT2D eigenvalue weighted by molar-refractivity contribution is 5.95. The molecule has 0 unspecified atom stereocenters. The molecule has 0 radical (unpaired) electrons. The Morgan fingerprint density at radius 3 is 2.68 bits per heavy atom. The molecule has 0 bridgehead atoms. The van der Waals surface area contributed by atoms with Gasteiger partial charge in [0.1, 0.15) is 6.61 Å². The third-order valence-corrected chi connectivity index (χ3v) is 1.98. The van der Waals surface area contributed by atoms with Gasteiger partial charge in [-0.2, -0.15) is 4.68 Å². The van der Waals surface area contributed by atoms with Crippen LogP contribution < -0.4 is 5.73 Å². The minimum Gasteiger partial charge on any atom is -0.435 e. The molecular weight excluding hydrogens is 260 g/mol. The van der Waals surface area contributed by atoms with Gasteiger partial charge in [0.25, 0.3) is 5.91 Å². The predicted molar refractivity (Wildman–Crippen MR) is 60.4 cm³/mol. The van der Waals surface area contributed by atoms with E-state index in [0.29, 0.717) is 0 Å². The van der Waals surface area contributed by atoms with Gasteiger partial charge in [-0.15, -0.1) is 0 Å². The first-order valence-electron chi connectivity index (χ1n) is 5.27. The van der Waals surface area contributed by atoms with Gasteiger partial charge < -0.3 is 25.3 Å². The predicted octanol–water partition coefficient (Wildman–Crippen LogP) is 0.0633. The first-order valence-corrected chi connectivity index (χ1v) is 5.27. The van der Waals surface area contributed by atoms with Crippen LogP contribution >= 0.6 is 0 Å². The van der Waals surface area contributed by atoms with Crippen molar-refractivity contribution in [2.75, 3.05) is 13.2 Å². The number of nitrogens with zero attached hydrogens (tertiary/aromatic N) is 3. The molecular formula is C9H12N4O6. The summed E-state index contributed by atoms with van der Waals surface area (Å²) in [7, 11) is 0. The topological polar surface area (TPSA) is 140 Å². The number of hydrogen-bond acceptors (Lipinski definition) is 7. The normalized spacial score (nSPS) is 9.95. The molecule has 0 spiro atoms. The molecule has 10 heteroatoms. The fraction of sp³-hybridized carbons (Fsp3) is 0.444. The molecule has 1 amide bonds. The van der Waals surface area contributed by atoms with E-state index < -0.39 is 22.8 Å². The maximum absolute atomic E-state index is 11.0. The number of ether oxygens (including phenoxy) is 2. The van der Waals surface area contributed by atoms with Crippen molar-refractivity contribution in [3.8, 4) is 0 Å². The Morgan fingerprint density at radius 1 is 1.53 bits per heavy atom. The fourth-order valence-corrected chi connectivity index (χ4v) is 1.22. The zero-order valence-electron chi connectivity index (χ0n) is 10.1. The lowest BCUT2D eigenvalue weighted by atomic mass is 10.3. The average molecular weight is 272 g/mol. The lowest BCUT2D eigenvalue weighted by Crippen LogP contribution is -2.13. The van der Waals surface area contributed by atoms with Gasteiger partial charge in [0, 0.05) is 0 Å². The van der Waals surface area contributed by atoms with Gasteiger partial charge >= 0.3 is 12.0 Å². The lowest BCUT2D eigenvalue weighted by molar-refractivity contribution is -0.390. The Bertz CT molecular complexity index is 465. The molecule has 2 N–H and O–H groups in total. The maximum atomic E-state index is 11.0. The van der Waals surface area contributed by atoms with E-state index in [1.54, 1.807) is 6.92 Å². The van der Waals surface area contributed by atoms with Crippen LogP contribution in [0.3, 0.4) is 0 Å². The molecule has 0 aromatic carbocycles. The molecule has 1 heterocycles. The van der Waals surface area contributed by atoms with E-state index in [0.717, 1.165) is 10.9 Å². The minimum atomic E-state index is -0.954. The van der Waals surface area contributed by atoms with Crippen molar-refractivity contribution in [1.82, 2.24) is 9.78 Å². The molecule has 0 saturated carbocycles. The highest BCUT2D eigenvalue weighted by atomic mass is 16.7. The second-order valence-electron chi connectivity index (χ2n) is 3.28. The van der Waals surface area contributed by atoms with Crippen LogP contribution in [-0.2, 0) is 16.0 Å². The molecule has 0 fully saturated rings. The molecule has 1 aromatic heterocycles.